The summed E-state index contributed by atoms with van der Waals surface area (Å²) < 4.78 is 1.17. The van der Waals surface area contributed by atoms with Crippen molar-refractivity contribution in [2.75, 3.05) is 0 Å². The van der Waals surface area contributed by atoms with E-state index in [1.54, 1.807) is 0 Å². The van der Waals surface area contributed by atoms with Crippen LogP contribution in [0.5, 0.6) is 0 Å². The van der Waals surface area contributed by atoms with Crippen LogP contribution in [0, 0.1) is 10.5 Å². The molecule has 0 aromatic heterocycles. The van der Waals surface area contributed by atoms with Crippen LogP contribution >= 0.6 is 22.6 Å². The standard InChI is InChI=1S/C15H15IO/c1-11-3-5-12(6-4-11)15(2,17)13-7-9-14(16)10-8-13/h3-10,17H,1-2H3. The average Bonchev–Trinajstić information content (AvgIpc) is 2.30. The molecule has 0 aliphatic carbocycles. The van der Waals surface area contributed by atoms with Gasteiger partial charge in [0, 0.05) is 3.57 Å². The van der Waals surface area contributed by atoms with Gasteiger partial charge in [0.1, 0.15) is 5.60 Å². The number of aryl methyl sites for hydroxylation is 1. The topological polar surface area (TPSA) is 20.2 Å². The lowest BCUT2D eigenvalue weighted by molar-refractivity contribution is 0.102. The molecule has 0 radical (unpaired) electrons. The molecule has 0 bridgehead atoms. The molecule has 0 aliphatic heterocycles. The van der Waals surface area contributed by atoms with Crippen LogP contribution in [-0.2, 0) is 5.60 Å². The van der Waals surface area contributed by atoms with E-state index in [1.807, 2.05) is 62.4 Å². The molecule has 0 saturated carbocycles. The first-order valence-electron chi connectivity index (χ1n) is 5.56. The van der Waals surface area contributed by atoms with Gasteiger partial charge in [0.15, 0.2) is 0 Å². The van der Waals surface area contributed by atoms with Gasteiger partial charge in [0.25, 0.3) is 0 Å². The minimum Gasteiger partial charge on any atom is -0.381 e. The molecule has 0 fully saturated rings. The van der Waals surface area contributed by atoms with Gasteiger partial charge in [-0.05, 0) is 59.7 Å². The molecule has 1 N–H and O–H groups in total. The van der Waals surface area contributed by atoms with Crippen LogP contribution in [0.1, 0.15) is 23.6 Å². The molecule has 0 heterocycles. The third-order valence-corrected chi connectivity index (χ3v) is 3.74. The molecule has 17 heavy (non-hydrogen) atoms. The predicted molar refractivity (Wildman–Crippen MR) is 79.0 cm³/mol. The molecule has 88 valence electrons. The Kier molecular flexibility index (Phi) is 3.54. The second kappa shape index (κ2) is 4.78. The molecule has 0 spiro atoms. The maximum atomic E-state index is 10.6. The third-order valence-electron chi connectivity index (χ3n) is 3.02. The maximum Gasteiger partial charge on any atom is 0.112 e. The number of aliphatic hydroxyl groups is 1. The summed E-state index contributed by atoms with van der Waals surface area (Å²) in [5.41, 5.74) is 2.11. The fourth-order valence-electron chi connectivity index (χ4n) is 1.82. The molecule has 0 aliphatic rings. The first kappa shape index (κ1) is 12.6. The molecular weight excluding hydrogens is 323 g/mol. The number of hydrogen-bond acceptors (Lipinski definition) is 1. The van der Waals surface area contributed by atoms with Gasteiger partial charge in [-0.3, -0.25) is 0 Å². The van der Waals surface area contributed by atoms with Crippen molar-refractivity contribution in [2.45, 2.75) is 19.4 Å². The summed E-state index contributed by atoms with van der Waals surface area (Å²) in [5.74, 6) is 0. The lowest BCUT2D eigenvalue weighted by Gasteiger charge is -2.24. The Morgan fingerprint density at radius 2 is 1.29 bits per heavy atom. The Morgan fingerprint density at radius 3 is 1.76 bits per heavy atom. The maximum absolute atomic E-state index is 10.6. The highest BCUT2D eigenvalue weighted by Gasteiger charge is 2.24. The quantitative estimate of drug-likeness (QED) is 0.825. The molecular formula is C15H15IO. The number of halogens is 1. The van der Waals surface area contributed by atoms with E-state index >= 15 is 0 Å². The van der Waals surface area contributed by atoms with Crippen molar-refractivity contribution in [1.82, 2.24) is 0 Å². The summed E-state index contributed by atoms with van der Waals surface area (Å²) in [6.45, 7) is 3.88. The first-order chi connectivity index (χ1) is 8.00. The fraction of sp³-hybridized carbons (Fsp3) is 0.200. The molecule has 1 nitrogen and oxygen atoms in total. The summed E-state index contributed by atoms with van der Waals surface area (Å²) in [4.78, 5) is 0. The van der Waals surface area contributed by atoms with Crippen molar-refractivity contribution in [3.8, 4) is 0 Å². The molecule has 1 atom stereocenters. The number of benzene rings is 2. The smallest absolute Gasteiger partial charge is 0.112 e. The van der Waals surface area contributed by atoms with E-state index in [-0.39, 0.29) is 0 Å². The van der Waals surface area contributed by atoms with Crippen molar-refractivity contribution in [3.63, 3.8) is 0 Å². The van der Waals surface area contributed by atoms with E-state index in [9.17, 15) is 5.11 Å². The highest BCUT2D eigenvalue weighted by molar-refractivity contribution is 14.1. The van der Waals surface area contributed by atoms with Gasteiger partial charge in [-0.15, -0.1) is 0 Å². The van der Waals surface area contributed by atoms with Crippen LogP contribution < -0.4 is 0 Å². The molecule has 2 aromatic rings. The van der Waals surface area contributed by atoms with Crippen molar-refractivity contribution < 1.29 is 5.11 Å². The minimum absolute atomic E-state index is 0.918. The van der Waals surface area contributed by atoms with E-state index in [0.29, 0.717) is 0 Å². The summed E-state index contributed by atoms with van der Waals surface area (Å²) in [6, 6.07) is 16.0. The van der Waals surface area contributed by atoms with E-state index < -0.39 is 5.60 Å². The van der Waals surface area contributed by atoms with Gasteiger partial charge < -0.3 is 5.11 Å². The molecule has 1 unspecified atom stereocenters. The highest BCUT2D eigenvalue weighted by Crippen LogP contribution is 2.29. The fourth-order valence-corrected chi connectivity index (χ4v) is 2.18. The van der Waals surface area contributed by atoms with E-state index in [2.05, 4.69) is 22.6 Å². The monoisotopic (exact) mass is 338 g/mol. The number of hydrogen-bond donors (Lipinski definition) is 1. The first-order valence-corrected chi connectivity index (χ1v) is 6.63. The van der Waals surface area contributed by atoms with Gasteiger partial charge in [-0.2, -0.15) is 0 Å². The van der Waals surface area contributed by atoms with Crippen LogP contribution in [0.2, 0.25) is 0 Å². The van der Waals surface area contributed by atoms with Crippen molar-refractivity contribution in [3.05, 3.63) is 68.8 Å². The summed E-state index contributed by atoms with van der Waals surface area (Å²) >= 11 is 2.26. The zero-order chi connectivity index (χ0) is 12.5. The SMILES string of the molecule is Cc1ccc(C(C)(O)c2ccc(I)cc2)cc1. The van der Waals surface area contributed by atoms with Crippen LogP contribution in [0.25, 0.3) is 0 Å². The lowest BCUT2D eigenvalue weighted by atomic mass is 9.88. The van der Waals surface area contributed by atoms with Crippen molar-refractivity contribution >= 4 is 22.6 Å². The molecule has 0 amide bonds. The van der Waals surface area contributed by atoms with Crippen LogP contribution in [0.15, 0.2) is 48.5 Å². The van der Waals surface area contributed by atoms with Crippen LogP contribution in [0.3, 0.4) is 0 Å². The Hall–Kier alpha value is -0.870. The highest BCUT2D eigenvalue weighted by atomic mass is 127. The van der Waals surface area contributed by atoms with Gasteiger partial charge in [-0.25, -0.2) is 0 Å². The zero-order valence-electron chi connectivity index (χ0n) is 9.94. The van der Waals surface area contributed by atoms with Crippen LogP contribution in [-0.4, -0.2) is 5.11 Å². The minimum atomic E-state index is -0.933. The average molecular weight is 338 g/mol. The van der Waals surface area contributed by atoms with Gasteiger partial charge >= 0.3 is 0 Å². The molecule has 2 heteroatoms. The van der Waals surface area contributed by atoms with E-state index in [0.717, 1.165) is 11.1 Å². The second-order valence-electron chi connectivity index (χ2n) is 4.45. The summed E-state index contributed by atoms with van der Waals surface area (Å²) in [7, 11) is 0. The number of rotatable bonds is 2. The second-order valence-corrected chi connectivity index (χ2v) is 5.69. The van der Waals surface area contributed by atoms with Crippen molar-refractivity contribution in [2.24, 2.45) is 0 Å². The zero-order valence-corrected chi connectivity index (χ0v) is 12.1. The Balaban J connectivity index is 2.41. The Labute approximate surface area is 116 Å². The van der Waals surface area contributed by atoms with E-state index in [4.69, 9.17) is 0 Å². The summed E-state index contributed by atoms with van der Waals surface area (Å²) in [6.07, 6.45) is 0. The largest absolute Gasteiger partial charge is 0.381 e. The molecule has 2 aromatic carbocycles. The Morgan fingerprint density at radius 1 is 0.882 bits per heavy atom. The van der Waals surface area contributed by atoms with E-state index in [1.165, 1.54) is 9.13 Å². The van der Waals surface area contributed by atoms with Gasteiger partial charge in [0.2, 0.25) is 0 Å². The normalized spacial score (nSPS) is 14.4. The van der Waals surface area contributed by atoms with Crippen molar-refractivity contribution in [1.29, 1.82) is 0 Å². The van der Waals surface area contributed by atoms with Crippen LogP contribution in [0.4, 0.5) is 0 Å². The molecule has 0 saturated heterocycles. The third kappa shape index (κ3) is 2.69. The predicted octanol–water partition coefficient (Wildman–Crippen LogP) is 3.86. The van der Waals surface area contributed by atoms with Gasteiger partial charge in [-0.1, -0.05) is 42.0 Å². The Bertz CT molecular complexity index is 450. The summed E-state index contributed by atoms with van der Waals surface area (Å²) in [5, 5.41) is 10.6. The molecule has 2 rings (SSSR count). The lowest BCUT2D eigenvalue weighted by Crippen LogP contribution is -2.22. The van der Waals surface area contributed by atoms with Gasteiger partial charge in [0.05, 0.1) is 0 Å².